The van der Waals surface area contributed by atoms with Gasteiger partial charge in [-0.2, -0.15) is 0 Å². The van der Waals surface area contributed by atoms with E-state index in [1.807, 2.05) is 42.7 Å². The van der Waals surface area contributed by atoms with Crippen LogP contribution in [-0.2, 0) is 0 Å². The zero-order chi connectivity index (χ0) is 13.1. The Labute approximate surface area is 129 Å². The predicted molar refractivity (Wildman–Crippen MR) is 83.5 cm³/mol. The molecule has 0 radical (unpaired) electrons. The Kier molecular flexibility index (Phi) is 4.82. The molecule has 1 nitrogen and oxygen atoms in total. The molecule has 2 rings (SSSR count). The number of aromatic nitrogens is 1. The van der Waals surface area contributed by atoms with Crippen LogP contribution in [0.2, 0.25) is 5.02 Å². The first-order chi connectivity index (χ1) is 8.59. The summed E-state index contributed by atoms with van der Waals surface area (Å²) in [6.45, 7) is 2.18. The summed E-state index contributed by atoms with van der Waals surface area (Å²) in [7, 11) is 0. The van der Waals surface area contributed by atoms with Crippen LogP contribution >= 0.6 is 43.5 Å². The van der Waals surface area contributed by atoms with Crippen molar-refractivity contribution in [1.82, 2.24) is 4.98 Å². The van der Waals surface area contributed by atoms with E-state index < -0.39 is 0 Å². The molecule has 94 valence electrons. The number of pyridine rings is 1. The first kappa shape index (κ1) is 14.0. The number of alkyl halides is 1. The first-order valence-corrected chi connectivity index (χ1v) is 7.67. The molecule has 2 aromatic rings. The highest BCUT2D eigenvalue weighted by molar-refractivity contribution is 9.11. The molecule has 1 aromatic heterocycles. The molecule has 2 atom stereocenters. The SMILES string of the molecule is CC(c1ccncc1)C(Br)c1cc(Cl)ccc1Br. The van der Waals surface area contributed by atoms with Crippen LogP contribution in [0.1, 0.15) is 28.8 Å². The Hall–Kier alpha value is -0.380. The van der Waals surface area contributed by atoms with E-state index in [1.165, 1.54) is 5.56 Å². The van der Waals surface area contributed by atoms with Gasteiger partial charge in [-0.25, -0.2) is 0 Å². The van der Waals surface area contributed by atoms with Crippen LogP contribution in [-0.4, -0.2) is 4.98 Å². The van der Waals surface area contributed by atoms with Gasteiger partial charge < -0.3 is 0 Å². The lowest BCUT2D eigenvalue weighted by molar-refractivity contribution is 0.748. The van der Waals surface area contributed by atoms with Gasteiger partial charge in [0.25, 0.3) is 0 Å². The third-order valence-corrected chi connectivity index (χ3v) is 5.17. The number of hydrogen-bond donors (Lipinski definition) is 0. The summed E-state index contributed by atoms with van der Waals surface area (Å²) in [6, 6.07) is 9.93. The zero-order valence-corrected chi connectivity index (χ0v) is 13.7. The molecule has 1 heterocycles. The summed E-state index contributed by atoms with van der Waals surface area (Å²) >= 11 is 13.4. The van der Waals surface area contributed by atoms with Crippen molar-refractivity contribution < 1.29 is 0 Å². The van der Waals surface area contributed by atoms with Crippen LogP contribution in [0.15, 0.2) is 47.2 Å². The fourth-order valence-corrected chi connectivity index (χ4v) is 3.50. The van der Waals surface area contributed by atoms with Gasteiger partial charge in [-0.05, 0) is 47.4 Å². The van der Waals surface area contributed by atoms with Gasteiger partial charge in [0.2, 0.25) is 0 Å². The number of rotatable bonds is 3. The van der Waals surface area contributed by atoms with Crippen molar-refractivity contribution >= 4 is 43.5 Å². The molecule has 0 saturated carbocycles. The molecular formula is C14H12Br2ClN. The van der Waals surface area contributed by atoms with Crippen LogP contribution in [0.3, 0.4) is 0 Å². The number of halogens is 3. The summed E-state index contributed by atoms with van der Waals surface area (Å²) < 4.78 is 1.06. The maximum atomic E-state index is 6.06. The normalized spacial score (nSPS) is 14.2. The van der Waals surface area contributed by atoms with Gasteiger partial charge in [0.05, 0.1) is 0 Å². The van der Waals surface area contributed by atoms with Crippen molar-refractivity contribution in [2.45, 2.75) is 17.7 Å². The Morgan fingerprint density at radius 1 is 1.17 bits per heavy atom. The van der Waals surface area contributed by atoms with E-state index in [-0.39, 0.29) is 4.83 Å². The predicted octanol–water partition coefficient (Wildman–Crippen LogP) is 5.74. The van der Waals surface area contributed by atoms with E-state index in [1.54, 1.807) is 0 Å². The average Bonchev–Trinajstić information content (AvgIpc) is 2.41. The van der Waals surface area contributed by atoms with E-state index >= 15 is 0 Å². The molecule has 1 aromatic carbocycles. The van der Waals surface area contributed by atoms with Gasteiger partial charge in [-0.15, -0.1) is 0 Å². The highest BCUT2D eigenvalue weighted by atomic mass is 79.9. The lowest BCUT2D eigenvalue weighted by Gasteiger charge is -2.20. The maximum Gasteiger partial charge on any atom is 0.0472 e. The second-order valence-corrected chi connectivity index (χ2v) is 6.41. The molecule has 0 spiro atoms. The standard InChI is InChI=1S/C14H12Br2ClN/c1-9(10-4-6-18-7-5-10)14(16)12-8-11(17)2-3-13(12)15/h2-9,14H,1H3. The molecule has 0 aliphatic carbocycles. The summed E-state index contributed by atoms with van der Waals surface area (Å²) in [5.41, 5.74) is 2.41. The second-order valence-electron chi connectivity index (χ2n) is 4.14. The Morgan fingerprint density at radius 2 is 1.83 bits per heavy atom. The molecule has 0 N–H and O–H groups in total. The summed E-state index contributed by atoms with van der Waals surface area (Å²) in [5, 5.41) is 0.750. The monoisotopic (exact) mass is 387 g/mol. The maximum absolute atomic E-state index is 6.06. The summed E-state index contributed by atoms with van der Waals surface area (Å²) in [4.78, 5) is 4.25. The number of hydrogen-bond acceptors (Lipinski definition) is 1. The van der Waals surface area contributed by atoms with Crippen molar-refractivity contribution in [3.63, 3.8) is 0 Å². The fourth-order valence-electron chi connectivity index (χ4n) is 1.83. The molecule has 0 fully saturated rings. The van der Waals surface area contributed by atoms with Gasteiger partial charge in [-0.1, -0.05) is 50.4 Å². The first-order valence-electron chi connectivity index (χ1n) is 5.58. The number of nitrogens with zero attached hydrogens (tertiary/aromatic N) is 1. The molecule has 4 heteroatoms. The molecule has 0 aliphatic heterocycles. The van der Waals surface area contributed by atoms with Crippen LogP contribution in [0, 0.1) is 0 Å². The minimum Gasteiger partial charge on any atom is -0.265 e. The highest BCUT2D eigenvalue weighted by Crippen LogP contribution is 2.41. The van der Waals surface area contributed by atoms with Crippen LogP contribution in [0.25, 0.3) is 0 Å². The largest absolute Gasteiger partial charge is 0.265 e. The number of benzene rings is 1. The van der Waals surface area contributed by atoms with Crippen molar-refractivity contribution in [2.75, 3.05) is 0 Å². The van der Waals surface area contributed by atoms with Gasteiger partial charge in [-0.3, -0.25) is 4.98 Å². The minimum atomic E-state index is 0.202. The van der Waals surface area contributed by atoms with Crippen LogP contribution < -0.4 is 0 Å². The van der Waals surface area contributed by atoms with Crippen LogP contribution in [0.5, 0.6) is 0 Å². The van der Waals surface area contributed by atoms with Crippen molar-refractivity contribution in [2.24, 2.45) is 0 Å². The molecule has 0 bridgehead atoms. The second kappa shape index (κ2) is 6.18. The molecule has 0 saturated heterocycles. The molecule has 2 unspecified atom stereocenters. The third-order valence-electron chi connectivity index (χ3n) is 2.93. The summed E-state index contributed by atoms with van der Waals surface area (Å²) in [6.07, 6.45) is 3.64. The van der Waals surface area contributed by atoms with E-state index in [0.29, 0.717) is 5.92 Å². The Bertz CT molecular complexity index is 531. The zero-order valence-electron chi connectivity index (χ0n) is 9.78. The fraction of sp³-hybridized carbons (Fsp3) is 0.214. The molecular weight excluding hydrogens is 377 g/mol. The van der Waals surface area contributed by atoms with E-state index in [9.17, 15) is 0 Å². The lowest BCUT2D eigenvalue weighted by Crippen LogP contribution is -2.03. The summed E-state index contributed by atoms with van der Waals surface area (Å²) in [5.74, 6) is 0.336. The highest BCUT2D eigenvalue weighted by Gasteiger charge is 2.20. The van der Waals surface area contributed by atoms with E-state index in [0.717, 1.165) is 15.1 Å². The van der Waals surface area contributed by atoms with Gasteiger partial charge in [0.1, 0.15) is 0 Å². The Morgan fingerprint density at radius 3 is 2.50 bits per heavy atom. The Balaban J connectivity index is 2.31. The van der Waals surface area contributed by atoms with E-state index in [4.69, 9.17) is 11.6 Å². The molecule has 0 aliphatic rings. The van der Waals surface area contributed by atoms with Crippen molar-refractivity contribution in [3.8, 4) is 0 Å². The van der Waals surface area contributed by atoms with Crippen molar-refractivity contribution in [1.29, 1.82) is 0 Å². The average molecular weight is 390 g/mol. The topological polar surface area (TPSA) is 12.9 Å². The molecule has 0 amide bonds. The van der Waals surface area contributed by atoms with Crippen LogP contribution in [0.4, 0.5) is 0 Å². The van der Waals surface area contributed by atoms with Gasteiger partial charge in [0.15, 0.2) is 0 Å². The van der Waals surface area contributed by atoms with Crippen molar-refractivity contribution in [3.05, 3.63) is 63.3 Å². The lowest BCUT2D eigenvalue weighted by atomic mass is 9.94. The quantitative estimate of drug-likeness (QED) is 0.610. The van der Waals surface area contributed by atoms with Gasteiger partial charge >= 0.3 is 0 Å². The third kappa shape index (κ3) is 3.14. The smallest absolute Gasteiger partial charge is 0.0472 e. The minimum absolute atomic E-state index is 0.202. The van der Waals surface area contributed by atoms with Gasteiger partial charge in [0, 0.05) is 26.7 Å². The molecule has 18 heavy (non-hydrogen) atoms. The van der Waals surface area contributed by atoms with E-state index in [2.05, 4.69) is 43.8 Å².